The number of carbonyl (C=O) groups is 1. The second-order valence-corrected chi connectivity index (χ2v) is 6.64. The fraction of sp³-hybridized carbons (Fsp3) is 0.889. The third-order valence-electron chi connectivity index (χ3n) is 3.36. The molecule has 0 amide bonds. The van der Waals surface area contributed by atoms with Crippen LogP contribution in [0.1, 0.15) is 19.3 Å². The maximum atomic E-state index is 11.1. The van der Waals surface area contributed by atoms with Crippen molar-refractivity contribution in [3.63, 3.8) is 0 Å². The minimum absolute atomic E-state index is 0.194. The van der Waals surface area contributed by atoms with Gasteiger partial charge in [-0.05, 0) is 31.1 Å². The Morgan fingerprint density at radius 2 is 1.79 bits per heavy atom. The number of carboxylic acids is 1. The van der Waals surface area contributed by atoms with Crippen LogP contribution in [0, 0.1) is 17.8 Å². The lowest BCUT2D eigenvalue weighted by molar-refractivity contribution is -0.139. The zero-order valence-corrected chi connectivity index (χ0v) is 8.66. The molecule has 2 atom stereocenters. The van der Waals surface area contributed by atoms with Crippen LogP contribution in [0.2, 0.25) is 0 Å². The first-order chi connectivity index (χ1) is 6.49. The summed E-state index contributed by atoms with van der Waals surface area (Å²) in [6.45, 7) is 0. The lowest BCUT2D eigenvalue weighted by Gasteiger charge is -2.21. The first-order valence-electron chi connectivity index (χ1n) is 4.93. The first-order valence-corrected chi connectivity index (χ1v) is 6.75. The van der Waals surface area contributed by atoms with E-state index in [9.17, 15) is 13.2 Å². The molecule has 2 fully saturated rings. The topological polar surface area (TPSA) is 71.4 Å². The van der Waals surface area contributed by atoms with E-state index in [0.717, 1.165) is 6.42 Å². The average Bonchev–Trinajstić information content (AvgIpc) is 2.83. The number of hydrogen-bond acceptors (Lipinski definition) is 3. The van der Waals surface area contributed by atoms with Crippen LogP contribution in [0.4, 0.5) is 0 Å². The number of hydrogen-bond donors (Lipinski definition) is 1. The molecule has 2 unspecified atom stereocenters. The Balaban J connectivity index is 1.89. The molecular formula is C9H14O4S. The van der Waals surface area contributed by atoms with Crippen molar-refractivity contribution in [3.8, 4) is 0 Å². The monoisotopic (exact) mass is 218 g/mol. The molecule has 0 aromatic rings. The van der Waals surface area contributed by atoms with Gasteiger partial charge in [0.05, 0.1) is 17.4 Å². The summed E-state index contributed by atoms with van der Waals surface area (Å²) in [5.74, 6) is 0.174. The second kappa shape index (κ2) is 3.22. The lowest BCUT2D eigenvalue weighted by atomic mass is 9.96. The van der Waals surface area contributed by atoms with E-state index in [2.05, 4.69) is 0 Å². The molecule has 5 heteroatoms. The Bertz CT molecular complexity index is 332. The van der Waals surface area contributed by atoms with Gasteiger partial charge in [0.2, 0.25) is 0 Å². The Kier molecular flexibility index (Phi) is 2.29. The maximum absolute atomic E-state index is 11.1. The summed E-state index contributed by atoms with van der Waals surface area (Å²) >= 11 is 0. The summed E-state index contributed by atoms with van der Waals surface area (Å²) in [7, 11) is -2.81. The van der Waals surface area contributed by atoms with Crippen LogP contribution in [-0.4, -0.2) is 31.0 Å². The highest BCUT2D eigenvalue weighted by Crippen LogP contribution is 2.48. The number of sulfone groups is 1. The second-order valence-electron chi connectivity index (χ2n) is 4.33. The molecule has 1 aliphatic heterocycles. The van der Waals surface area contributed by atoms with E-state index in [1.807, 2.05) is 0 Å². The van der Waals surface area contributed by atoms with Gasteiger partial charge < -0.3 is 5.11 Å². The first kappa shape index (κ1) is 9.96. The van der Waals surface area contributed by atoms with E-state index >= 15 is 0 Å². The van der Waals surface area contributed by atoms with E-state index in [-0.39, 0.29) is 23.3 Å². The molecule has 0 spiro atoms. The molecule has 1 aliphatic carbocycles. The van der Waals surface area contributed by atoms with Gasteiger partial charge in [-0.25, -0.2) is 8.42 Å². The van der Waals surface area contributed by atoms with Gasteiger partial charge >= 0.3 is 5.97 Å². The summed E-state index contributed by atoms with van der Waals surface area (Å²) in [6, 6.07) is 0. The van der Waals surface area contributed by atoms with Crippen molar-refractivity contribution in [1.29, 1.82) is 0 Å². The molecule has 0 radical (unpaired) electrons. The summed E-state index contributed by atoms with van der Waals surface area (Å²) < 4.78 is 22.3. The third-order valence-corrected chi connectivity index (χ3v) is 5.08. The molecule has 1 heterocycles. The quantitative estimate of drug-likeness (QED) is 0.734. The molecule has 0 aromatic heterocycles. The predicted molar refractivity (Wildman–Crippen MR) is 50.6 cm³/mol. The fourth-order valence-electron chi connectivity index (χ4n) is 2.36. The molecule has 0 aromatic carbocycles. The van der Waals surface area contributed by atoms with Gasteiger partial charge in [-0.3, -0.25) is 4.79 Å². The molecule has 4 nitrogen and oxygen atoms in total. The van der Waals surface area contributed by atoms with Crippen LogP contribution in [-0.2, 0) is 14.6 Å². The zero-order chi connectivity index (χ0) is 10.3. The van der Waals surface area contributed by atoms with Gasteiger partial charge in [-0.15, -0.1) is 0 Å². The molecule has 14 heavy (non-hydrogen) atoms. The summed E-state index contributed by atoms with van der Waals surface area (Å²) in [4.78, 5) is 10.6. The van der Waals surface area contributed by atoms with Gasteiger partial charge in [0.25, 0.3) is 0 Å². The van der Waals surface area contributed by atoms with Crippen molar-refractivity contribution < 1.29 is 18.3 Å². The van der Waals surface area contributed by atoms with Gasteiger partial charge in [0.15, 0.2) is 0 Å². The Labute approximate surface area is 83.2 Å². The highest BCUT2D eigenvalue weighted by molar-refractivity contribution is 7.91. The van der Waals surface area contributed by atoms with Crippen molar-refractivity contribution in [2.45, 2.75) is 19.3 Å². The smallest absolute Gasteiger partial charge is 0.306 e. The number of rotatable bonds is 2. The van der Waals surface area contributed by atoms with Crippen molar-refractivity contribution in [2.24, 2.45) is 17.8 Å². The molecule has 2 rings (SSSR count). The van der Waals surface area contributed by atoms with E-state index in [4.69, 9.17) is 5.11 Å². The van der Waals surface area contributed by atoms with Crippen LogP contribution in [0.5, 0.6) is 0 Å². The van der Waals surface area contributed by atoms with E-state index in [1.54, 1.807) is 0 Å². The van der Waals surface area contributed by atoms with Crippen molar-refractivity contribution in [1.82, 2.24) is 0 Å². The largest absolute Gasteiger partial charge is 0.481 e. The van der Waals surface area contributed by atoms with Crippen LogP contribution in [0.3, 0.4) is 0 Å². The van der Waals surface area contributed by atoms with Gasteiger partial charge in [0, 0.05) is 0 Å². The lowest BCUT2D eigenvalue weighted by Crippen LogP contribution is -2.25. The molecule has 1 saturated carbocycles. The van der Waals surface area contributed by atoms with Crippen molar-refractivity contribution in [3.05, 3.63) is 0 Å². The van der Waals surface area contributed by atoms with E-state index in [1.165, 1.54) is 0 Å². The highest BCUT2D eigenvalue weighted by Gasteiger charge is 2.48. The Morgan fingerprint density at radius 1 is 1.21 bits per heavy atom. The average molecular weight is 218 g/mol. The van der Waals surface area contributed by atoms with Crippen LogP contribution < -0.4 is 0 Å². The van der Waals surface area contributed by atoms with Crippen LogP contribution in [0.15, 0.2) is 0 Å². The Hall–Kier alpha value is -0.580. The van der Waals surface area contributed by atoms with Crippen LogP contribution in [0.25, 0.3) is 0 Å². The fourth-order valence-corrected chi connectivity index (χ4v) is 3.88. The van der Waals surface area contributed by atoms with E-state index < -0.39 is 15.8 Å². The molecule has 80 valence electrons. The normalized spacial score (nSPS) is 36.6. The standard InChI is InChI=1S/C9H14O4S/c10-9(11)8-5-7(8)6-1-3-14(12,13)4-2-6/h6-8H,1-5H2,(H,10,11). The molecule has 1 saturated heterocycles. The third kappa shape index (κ3) is 1.92. The van der Waals surface area contributed by atoms with Crippen LogP contribution >= 0.6 is 0 Å². The van der Waals surface area contributed by atoms with Gasteiger partial charge in [0.1, 0.15) is 9.84 Å². The van der Waals surface area contributed by atoms with E-state index in [0.29, 0.717) is 18.8 Å². The SMILES string of the molecule is O=C(O)C1CC1C1CCS(=O)(=O)CC1. The molecular weight excluding hydrogens is 204 g/mol. The maximum Gasteiger partial charge on any atom is 0.306 e. The number of aliphatic carboxylic acids is 1. The Morgan fingerprint density at radius 3 is 2.21 bits per heavy atom. The molecule has 0 bridgehead atoms. The van der Waals surface area contributed by atoms with Gasteiger partial charge in [-0.1, -0.05) is 0 Å². The van der Waals surface area contributed by atoms with Gasteiger partial charge in [-0.2, -0.15) is 0 Å². The van der Waals surface area contributed by atoms with Crippen molar-refractivity contribution in [2.75, 3.05) is 11.5 Å². The highest BCUT2D eigenvalue weighted by atomic mass is 32.2. The summed E-state index contributed by atoms with van der Waals surface area (Å²) in [5.41, 5.74) is 0. The zero-order valence-electron chi connectivity index (χ0n) is 7.85. The van der Waals surface area contributed by atoms with Crippen molar-refractivity contribution >= 4 is 15.8 Å². The summed E-state index contributed by atoms with van der Waals surface area (Å²) in [5, 5.41) is 8.74. The summed E-state index contributed by atoms with van der Waals surface area (Å²) in [6.07, 6.45) is 2.08. The molecule has 1 N–H and O–H groups in total. The molecule has 2 aliphatic rings. The number of carboxylic acid groups (broad SMARTS) is 1. The minimum atomic E-state index is -2.81. The predicted octanol–water partition coefficient (Wildman–Crippen LogP) is 0.532. The minimum Gasteiger partial charge on any atom is -0.481 e.